The fraction of sp³-hybridized carbons (Fsp3) is 0.429. The van der Waals surface area contributed by atoms with E-state index >= 15 is 0 Å². The predicted octanol–water partition coefficient (Wildman–Crippen LogP) is 0.0495. The minimum absolute atomic E-state index is 0.0331. The largest absolute Gasteiger partial charge is 0.548 e. The summed E-state index contributed by atoms with van der Waals surface area (Å²) in [5, 5.41) is 16.5. The number of amides is 2. The third-order valence-corrected chi connectivity index (χ3v) is 4.78. The van der Waals surface area contributed by atoms with Crippen molar-refractivity contribution >= 4 is 28.8 Å². The molecule has 1 atom stereocenters. The van der Waals surface area contributed by atoms with Gasteiger partial charge < -0.3 is 29.7 Å². The van der Waals surface area contributed by atoms with Gasteiger partial charge in [-0.2, -0.15) is 0 Å². The highest BCUT2D eigenvalue weighted by molar-refractivity contribution is 5.88. The van der Waals surface area contributed by atoms with Gasteiger partial charge in [-0.05, 0) is 37.0 Å². The van der Waals surface area contributed by atoms with Crippen LogP contribution in [-0.4, -0.2) is 37.5 Å². The van der Waals surface area contributed by atoms with Crippen LogP contribution >= 0.6 is 0 Å². The molecule has 0 aliphatic rings. The minimum atomic E-state index is -1.39. The lowest BCUT2D eigenvalue weighted by molar-refractivity contribution is -0.309. The fourth-order valence-corrected chi connectivity index (χ4v) is 3.02. The second-order valence-electron chi connectivity index (χ2n) is 7.24. The third kappa shape index (κ3) is 5.59. The summed E-state index contributed by atoms with van der Waals surface area (Å²) in [4.78, 5) is 47.3. The van der Waals surface area contributed by atoms with Gasteiger partial charge in [-0.1, -0.05) is 13.8 Å². The lowest BCUT2D eigenvalue weighted by Gasteiger charge is -2.23. The maximum absolute atomic E-state index is 12.3. The molecule has 2 amide bonds. The summed E-state index contributed by atoms with van der Waals surface area (Å²) < 4.78 is 10.5. The molecule has 0 saturated heterocycles. The zero-order valence-corrected chi connectivity index (χ0v) is 17.4. The molecule has 1 aromatic heterocycles. The Labute approximate surface area is 173 Å². The average Bonchev–Trinajstić information content (AvgIpc) is 2.69. The molecule has 0 aliphatic carbocycles. The van der Waals surface area contributed by atoms with E-state index in [-0.39, 0.29) is 25.3 Å². The Hall–Kier alpha value is -3.36. The maximum Gasteiger partial charge on any atom is 0.339 e. The molecule has 0 aliphatic heterocycles. The number of aliphatic carboxylic acids is 1. The van der Waals surface area contributed by atoms with Crippen molar-refractivity contribution in [3.8, 4) is 5.75 Å². The summed E-state index contributed by atoms with van der Waals surface area (Å²) in [6.45, 7) is 4.67. The van der Waals surface area contributed by atoms with Crippen molar-refractivity contribution in [3.63, 3.8) is 0 Å². The monoisotopic (exact) mass is 417 g/mol. The molecular weight excluding hydrogens is 392 g/mol. The number of rotatable bonds is 9. The van der Waals surface area contributed by atoms with Gasteiger partial charge in [-0.15, -0.1) is 0 Å². The first-order chi connectivity index (χ1) is 14.1. The molecule has 30 heavy (non-hydrogen) atoms. The maximum atomic E-state index is 12.3. The molecule has 1 aromatic carbocycles. The van der Waals surface area contributed by atoms with Crippen LogP contribution in [0.5, 0.6) is 5.75 Å². The van der Waals surface area contributed by atoms with E-state index < -0.39 is 29.5 Å². The van der Waals surface area contributed by atoms with E-state index in [1.54, 1.807) is 39.0 Å². The van der Waals surface area contributed by atoms with E-state index in [1.807, 2.05) is 0 Å². The molecule has 0 spiro atoms. The number of carboxylic acids is 1. The summed E-state index contributed by atoms with van der Waals surface area (Å²) in [6.07, 6.45) is 0.103. The first-order valence-corrected chi connectivity index (χ1v) is 9.51. The van der Waals surface area contributed by atoms with E-state index in [2.05, 4.69) is 10.6 Å². The van der Waals surface area contributed by atoms with E-state index in [1.165, 1.54) is 7.11 Å². The number of carboxylic acid groups (broad SMARTS) is 1. The van der Waals surface area contributed by atoms with Crippen molar-refractivity contribution in [1.29, 1.82) is 0 Å². The van der Waals surface area contributed by atoms with Crippen molar-refractivity contribution in [2.75, 3.05) is 13.7 Å². The number of benzene rings is 1. The van der Waals surface area contributed by atoms with Crippen LogP contribution in [0.3, 0.4) is 0 Å². The Morgan fingerprint density at radius 3 is 2.50 bits per heavy atom. The number of hydrogen-bond donors (Lipinski definition) is 2. The molecule has 0 radical (unpaired) electrons. The highest BCUT2D eigenvalue weighted by Gasteiger charge is 2.18. The lowest BCUT2D eigenvalue weighted by atomic mass is 10.0. The molecule has 0 unspecified atom stereocenters. The molecule has 0 fully saturated rings. The van der Waals surface area contributed by atoms with E-state index in [0.29, 0.717) is 22.5 Å². The Morgan fingerprint density at radius 1 is 1.20 bits per heavy atom. The molecule has 2 rings (SSSR count). The normalized spacial score (nSPS) is 11.9. The Bertz CT molecular complexity index is 1010. The Kier molecular flexibility index (Phi) is 7.57. The highest BCUT2D eigenvalue weighted by Crippen LogP contribution is 2.24. The molecule has 9 heteroatoms. The molecule has 1 heterocycles. The fourth-order valence-electron chi connectivity index (χ4n) is 3.02. The smallest absolute Gasteiger partial charge is 0.339 e. The number of hydrogen-bond acceptors (Lipinski definition) is 7. The van der Waals surface area contributed by atoms with E-state index in [9.17, 15) is 24.3 Å². The number of ether oxygens (including phenoxy) is 1. The summed E-state index contributed by atoms with van der Waals surface area (Å²) in [5.41, 5.74) is 0.953. The van der Waals surface area contributed by atoms with Crippen LogP contribution in [0.4, 0.5) is 0 Å². The summed E-state index contributed by atoms with van der Waals surface area (Å²) in [5.74, 6) is -2.27. The van der Waals surface area contributed by atoms with Gasteiger partial charge in [-0.25, -0.2) is 4.79 Å². The summed E-state index contributed by atoms with van der Waals surface area (Å²) >= 11 is 0. The molecule has 2 N–H and O–H groups in total. The molecule has 0 bridgehead atoms. The molecule has 2 aromatic rings. The van der Waals surface area contributed by atoms with Crippen molar-refractivity contribution in [1.82, 2.24) is 10.6 Å². The summed E-state index contributed by atoms with van der Waals surface area (Å²) in [6, 6.07) is 4.01. The zero-order valence-electron chi connectivity index (χ0n) is 17.4. The lowest BCUT2D eigenvalue weighted by Crippen LogP contribution is -2.52. The number of nitrogens with one attached hydrogen (secondary N) is 2. The van der Waals surface area contributed by atoms with Gasteiger partial charge in [0.1, 0.15) is 11.3 Å². The molecule has 0 saturated carbocycles. The van der Waals surface area contributed by atoms with Gasteiger partial charge in [0, 0.05) is 23.4 Å². The van der Waals surface area contributed by atoms with Crippen LogP contribution in [0.1, 0.15) is 31.4 Å². The molecule has 162 valence electrons. The predicted molar refractivity (Wildman–Crippen MR) is 107 cm³/mol. The van der Waals surface area contributed by atoms with E-state index in [4.69, 9.17) is 9.15 Å². The van der Waals surface area contributed by atoms with Crippen molar-refractivity contribution in [3.05, 3.63) is 39.7 Å². The van der Waals surface area contributed by atoms with Gasteiger partial charge in [-0.3, -0.25) is 9.59 Å². The highest BCUT2D eigenvalue weighted by atomic mass is 16.5. The van der Waals surface area contributed by atoms with Crippen molar-refractivity contribution < 1.29 is 28.6 Å². The summed E-state index contributed by atoms with van der Waals surface area (Å²) in [7, 11) is 1.51. The van der Waals surface area contributed by atoms with Crippen LogP contribution in [0.2, 0.25) is 0 Å². The Balaban J connectivity index is 1.98. The van der Waals surface area contributed by atoms with Gasteiger partial charge in [0.15, 0.2) is 0 Å². The van der Waals surface area contributed by atoms with Gasteiger partial charge >= 0.3 is 5.63 Å². The second-order valence-corrected chi connectivity index (χ2v) is 7.24. The van der Waals surface area contributed by atoms with Gasteiger partial charge in [0.05, 0.1) is 25.7 Å². The second kappa shape index (κ2) is 9.91. The molecule has 9 nitrogen and oxygen atoms in total. The van der Waals surface area contributed by atoms with Crippen LogP contribution in [0.25, 0.3) is 11.0 Å². The number of methoxy groups -OCH3 is 1. The molecular formula is C21H25N2O7-. The quantitative estimate of drug-likeness (QED) is 0.550. The van der Waals surface area contributed by atoms with Crippen molar-refractivity contribution in [2.24, 2.45) is 5.92 Å². The van der Waals surface area contributed by atoms with Crippen molar-refractivity contribution in [2.45, 2.75) is 39.7 Å². The van der Waals surface area contributed by atoms with Crippen LogP contribution in [-0.2, 0) is 20.8 Å². The van der Waals surface area contributed by atoms with Gasteiger partial charge in [0.25, 0.3) is 0 Å². The number of fused-ring (bicyclic) bond motifs is 1. The van der Waals surface area contributed by atoms with E-state index in [0.717, 1.165) is 5.39 Å². The van der Waals surface area contributed by atoms with Crippen LogP contribution in [0.15, 0.2) is 27.4 Å². The SMILES string of the molecule is COc1ccc2c(C)c(CCC(=O)NCC(=O)N[C@H](C(=O)[O-])C(C)C)c(=O)oc2c1. The minimum Gasteiger partial charge on any atom is -0.548 e. The van der Waals surface area contributed by atoms with Crippen LogP contribution < -0.4 is 26.1 Å². The first kappa shape index (κ1) is 22.9. The zero-order chi connectivity index (χ0) is 22.4. The van der Waals surface area contributed by atoms with Crippen LogP contribution in [0, 0.1) is 12.8 Å². The number of aryl methyl sites for hydroxylation is 1. The third-order valence-electron chi connectivity index (χ3n) is 4.78. The standard InChI is InChI=1S/C21H26N2O7/c1-11(2)19(20(26)27)23-18(25)10-22-17(24)8-7-15-12(3)14-6-5-13(29-4)9-16(14)30-21(15)28/h5-6,9,11,19H,7-8,10H2,1-4H3,(H,22,24)(H,23,25)(H,26,27)/p-1/t19-/m0/s1. The number of carbonyl (C=O) groups is 3. The number of carbonyl (C=O) groups excluding carboxylic acids is 3. The first-order valence-electron chi connectivity index (χ1n) is 9.51. The topological polar surface area (TPSA) is 138 Å². The average molecular weight is 417 g/mol. The Morgan fingerprint density at radius 2 is 1.90 bits per heavy atom. The van der Waals surface area contributed by atoms with Gasteiger partial charge in [0.2, 0.25) is 11.8 Å².